The second-order valence-electron chi connectivity index (χ2n) is 4.58. The summed E-state index contributed by atoms with van der Waals surface area (Å²) >= 11 is 0. The highest BCUT2D eigenvalue weighted by atomic mass is 19.1. The maximum Gasteiger partial charge on any atom is 0.135 e. The molecular weight excluding hydrogens is 224 g/mol. The molecule has 4 heteroatoms. The first-order valence-corrected chi connectivity index (χ1v) is 5.91. The summed E-state index contributed by atoms with van der Waals surface area (Å²) in [6.07, 6.45) is -0.526. The van der Waals surface area contributed by atoms with Gasteiger partial charge in [0, 0.05) is 13.1 Å². The zero-order valence-corrected chi connectivity index (χ0v) is 10.1. The van der Waals surface area contributed by atoms with Gasteiger partial charge in [0.25, 0.3) is 0 Å². The Kier molecular flexibility index (Phi) is 3.74. The van der Waals surface area contributed by atoms with Gasteiger partial charge in [0.15, 0.2) is 0 Å². The lowest BCUT2D eigenvalue weighted by atomic mass is 9.96. The minimum Gasteiger partial charge on any atom is -0.371 e. The van der Waals surface area contributed by atoms with Crippen LogP contribution in [0.2, 0.25) is 0 Å². The summed E-state index contributed by atoms with van der Waals surface area (Å²) in [5, 5.41) is 3.08. The largest absolute Gasteiger partial charge is 0.371 e. The van der Waals surface area contributed by atoms with E-state index in [1.807, 2.05) is 13.8 Å². The topological polar surface area (TPSA) is 21.3 Å². The molecule has 2 nitrogen and oxygen atoms in total. The Morgan fingerprint density at radius 1 is 1.35 bits per heavy atom. The van der Waals surface area contributed by atoms with Crippen LogP contribution in [0.25, 0.3) is 0 Å². The Morgan fingerprint density at radius 3 is 2.71 bits per heavy atom. The van der Waals surface area contributed by atoms with Gasteiger partial charge in [-0.1, -0.05) is 19.9 Å². The number of nitrogens with one attached hydrogen (secondary N) is 1. The standard InChI is InChI=1S/C13H17F2NO/c1-8(2)9-3-4-10(14)12(13(9)15)11-7-16-5-6-17-11/h3-4,8,11,16H,5-7H2,1-2H3. The summed E-state index contributed by atoms with van der Waals surface area (Å²) in [7, 11) is 0. The van der Waals surface area contributed by atoms with Gasteiger partial charge in [0.05, 0.1) is 12.2 Å². The summed E-state index contributed by atoms with van der Waals surface area (Å²) in [6, 6.07) is 2.83. The fraction of sp³-hybridized carbons (Fsp3) is 0.538. The third-order valence-electron chi connectivity index (χ3n) is 3.03. The van der Waals surface area contributed by atoms with E-state index in [1.54, 1.807) is 0 Å². The van der Waals surface area contributed by atoms with E-state index in [0.717, 1.165) is 6.54 Å². The predicted octanol–water partition coefficient (Wildman–Crippen LogP) is 2.75. The summed E-state index contributed by atoms with van der Waals surface area (Å²) in [5.74, 6) is -0.958. The Morgan fingerprint density at radius 2 is 2.12 bits per heavy atom. The molecule has 1 aliphatic heterocycles. The number of morpholine rings is 1. The van der Waals surface area contributed by atoms with Crippen LogP contribution in [0.15, 0.2) is 12.1 Å². The second-order valence-corrected chi connectivity index (χ2v) is 4.58. The molecule has 0 amide bonds. The number of ether oxygens (including phenoxy) is 1. The van der Waals surface area contributed by atoms with E-state index in [-0.39, 0.29) is 11.5 Å². The van der Waals surface area contributed by atoms with Crippen LogP contribution < -0.4 is 5.32 Å². The van der Waals surface area contributed by atoms with Crippen LogP contribution in [-0.4, -0.2) is 19.7 Å². The minimum absolute atomic E-state index is 0.0332. The average molecular weight is 241 g/mol. The van der Waals surface area contributed by atoms with Crippen LogP contribution in [0.5, 0.6) is 0 Å². The maximum absolute atomic E-state index is 14.2. The van der Waals surface area contributed by atoms with E-state index in [9.17, 15) is 8.78 Å². The molecule has 0 aliphatic carbocycles. The molecule has 1 atom stereocenters. The van der Waals surface area contributed by atoms with Gasteiger partial charge in [-0.2, -0.15) is 0 Å². The molecule has 1 N–H and O–H groups in total. The lowest BCUT2D eigenvalue weighted by molar-refractivity contribution is 0.0231. The Hall–Kier alpha value is -1.00. The molecule has 1 aromatic carbocycles. The quantitative estimate of drug-likeness (QED) is 0.859. The third kappa shape index (κ3) is 2.48. The normalized spacial score (nSPS) is 20.9. The number of hydrogen-bond acceptors (Lipinski definition) is 2. The molecule has 0 spiro atoms. The summed E-state index contributed by atoms with van der Waals surface area (Å²) in [6.45, 7) is 5.44. The predicted molar refractivity (Wildman–Crippen MR) is 62.0 cm³/mol. The number of benzene rings is 1. The van der Waals surface area contributed by atoms with Crippen molar-refractivity contribution in [2.24, 2.45) is 0 Å². The van der Waals surface area contributed by atoms with Crippen molar-refractivity contribution in [3.8, 4) is 0 Å². The summed E-state index contributed by atoms with van der Waals surface area (Å²) < 4.78 is 33.4. The van der Waals surface area contributed by atoms with Crippen LogP contribution in [0, 0.1) is 11.6 Å². The zero-order chi connectivity index (χ0) is 12.4. The Balaban J connectivity index is 2.40. The Labute approximate surface area is 100.0 Å². The first kappa shape index (κ1) is 12.5. The average Bonchev–Trinajstić information content (AvgIpc) is 2.30. The van der Waals surface area contributed by atoms with Crippen LogP contribution in [-0.2, 0) is 4.74 Å². The molecule has 1 aliphatic rings. The van der Waals surface area contributed by atoms with E-state index < -0.39 is 17.7 Å². The van der Waals surface area contributed by atoms with Crippen LogP contribution >= 0.6 is 0 Å². The second kappa shape index (κ2) is 5.10. The van der Waals surface area contributed by atoms with Gasteiger partial charge >= 0.3 is 0 Å². The third-order valence-corrected chi connectivity index (χ3v) is 3.03. The zero-order valence-electron chi connectivity index (χ0n) is 10.1. The molecule has 1 aromatic rings. The molecular formula is C13H17F2NO. The molecule has 1 unspecified atom stereocenters. The fourth-order valence-electron chi connectivity index (χ4n) is 2.08. The SMILES string of the molecule is CC(C)c1ccc(F)c(C2CNCCO2)c1F. The molecule has 0 bridgehead atoms. The van der Waals surface area contributed by atoms with Gasteiger partial charge in [-0.25, -0.2) is 8.78 Å². The molecule has 1 heterocycles. The van der Waals surface area contributed by atoms with E-state index in [0.29, 0.717) is 18.7 Å². The van der Waals surface area contributed by atoms with E-state index >= 15 is 0 Å². The molecule has 0 radical (unpaired) electrons. The first-order valence-electron chi connectivity index (χ1n) is 5.91. The van der Waals surface area contributed by atoms with E-state index in [2.05, 4.69) is 5.32 Å². The van der Waals surface area contributed by atoms with Crippen LogP contribution in [0.3, 0.4) is 0 Å². The summed E-state index contributed by atoms with van der Waals surface area (Å²) in [4.78, 5) is 0. The molecule has 17 heavy (non-hydrogen) atoms. The number of halogens is 2. The smallest absolute Gasteiger partial charge is 0.135 e. The fourth-order valence-corrected chi connectivity index (χ4v) is 2.08. The minimum atomic E-state index is -0.527. The van der Waals surface area contributed by atoms with Gasteiger partial charge < -0.3 is 10.1 Å². The van der Waals surface area contributed by atoms with E-state index in [4.69, 9.17) is 4.74 Å². The van der Waals surface area contributed by atoms with Crippen molar-refractivity contribution in [1.29, 1.82) is 0 Å². The number of hydrogen-bond donors (Lipinski definition) is 1. The van der Waals surface area contributed by atoms with Crippen molar-refractivity contribution in [2.45, 2.75) is 25.9 Å². The molecule has 0 saturated carbocycles. The lowest BCUT2D eigenvalue weighted by Crippen LogP contribution is -2.34. The highest BCUT2D eigenvalue weighted by Crippen LogP contribution is 2.29. The van der Waals surface area contributed by atoms with Crippen molar-refractivity contribution in [3.05, 3.63) is 34.9 Å². The maximum atomic E-state index is 14.2. The van der Waals surface area contributed by atoms with Crippen molar-refractivity contribution in [3.63, 3.8) is 0 Å². The van der Waals surface area contributed by atoms with Crippen molar-refractivity contribution in [2.75, 3.05) is 19.7 Å². The Bertz CT molecular complexity index is 401. The van der Waals surface area contributed by atoms with Crippen molar-refractivity contribution in [1.82, 2.24) is 5.32 Å². The van der Waals surface area contributed by atoms with Gasteiger partial charge in [-0.15, -0.1) is 0 Å². The highest BCUT2D eigenvalue weighted by molar-refractivity contribution is 5.31. The summed E-state index contributed by atoms with van der Waals surface area (Å²) in [5.41, 5.74) is 0.596. The van der Waals surface area contributed by atoms with Crippen LogP contribution in [0.4, 0.5) is 8.78 Å². The number of rotatable bonds is 2. The van der Waals surface area contributed by atoms with Gasteiger partial charge in [-0.3, -0.25) is 0 Å². The molecule has 94 valence electrons. The highest BCUT2D eigenvalue weighted by Gasteiger charge is 2.25. The first-order chi connectivity index (χ1) is 8.11. The van der Waals surface area contributed by atoms with Crippen LogP contribution in [0.1, 0.15) is 37.0 Å². The monoisotopic (exact) mass is 241 g/mol. The lowest BCUT2D eigenvalue weighted by Gasteiger charge is -2.25. The van der Waals surface area contributed by atoms with Gasteiger partial charge in [0.1, 0.15) is 17.7 Å². The van der Waals surface area contributed by atoms with Gasteiger partial charge in [0.2, 0.25) is 0 Å². The van der Waals surface area contributed by atoms with E-state index in [1.165, 1.54) is 12.1 Å². The molecule has 0 aromatic heterocycles. The van der Waals surface area contributed by atoms with Crippen molar-refractivity contribution < 1.29 is 13.5 Å². The molecule has 1 fully saturated rings. The van der Waals surface area contributed by atoms with Crippen molar-refractivity contribution >= 4 is 0 Å². The molecule has 1 saturated heterocycles. The molecule has 2 rings (SSSR count). The van der Waals surface area contributed by atoms with Gasteiger partial charge in [-0.05, 0) is 17.5 Å².